The van der Waals surface area contributed by atoms with Crippen molar-refractivity contribution in [2.45, 2.75) is 52.9 Å². The molecule has 0 aliphatic rings. The highest BCUT2D eigenvalue weighted by Crippen LogP contribution is 2.25. The van der Waals surface area contributed by atoms with Crippen molar-refractivity contribution in [3.63, 3.8) is 0 Å². The number of hydrogen-bond acceptors (Lipinski definition) is 2. The summed E-state index contributed by atoms with van der Waals surface area (Å²) in [5, 5.41) is 8.91. The molecule has 1 rings (SSSR count). The topological polar surface area (TPSA) is 40.5 Å². The third kappa shape index (κ3) is 6.19. The van der Waals surface area contributed by atoms with Gasteiger partial charge in [0.1, 0.15) is 0 Å². The Balaban J connectivity index is 2.83. The maximum absolute atomic E-state index is 10.8. The van der Waals surface area contributed by atoms with Crippen LogP contribution in [0.1, 0.15) is 53.0 Å². The monoisotopic (exact) mass is 291 g/mol. The van der Waals surface area contributed by atoms with Gasteiger partial charge in [-0.15, -0.1) is 0 Å². The molecule has 3 heteroatoms. The van der Waals surface area contributed by atoms with Gasteiger partial charge in [0.05, 0.1) is 6.42 Å². The van der Waals surface area contributed by atoms with Crippen molar-refractivity contribution in [1.82, 2.24) is 0 Å². The predicted octanol–water partition coefficient (Wildman–Crippen LogP) is 4.31. The van der Waals surface area contributed by atoms with Gasteiger partial charge in [-0.3, -0.25) is 4.79 Å². The van der Waals surface area contributed by atoms with Crippen LogP contribution in [0.15, 0.2) is 24.3 Å². The van der Waals surface area contributed by atoms with Crippen LogP contribution in [0.4, 0.5) is 5.69 Å². The summed E-state index contributed by atoms with van der Waals surface area (Å²) in [6.07, 6.45) is 1.25. The van der Waals surface area contributed by atoms with E-state index in [1.54, 1.807) is 0 Å². The van der Waals surface area contributed by atoms with Gasteiger partial charge in [0.15, 0.2) is 0 Å². The first kappa shape index (κ1) is 17.5. The number of nitrogens with zero attached hydrogens (tertiary/aromatic N) is 1. The minimum Gasteiger partial charge on any atom is -0.481 e. The van der Waals surface area contributed by atoms with E-state index in [1.807, 2.05) is 0 Å². The van der Waals surface area contributed by atoms with Crippen LogP contribution in [0, 0.1) is 5.92 Å². The highest BCUT2D eigenvalue weighted by molar-refractivity contribution is 5.67. The molecule has 0 aliphatic carbocycles. The molecule has 21 heavy (non-hydrogen) atoms. The van der Waals surface area contributed by atoms with Gasteiger partial charge in [0.2, 0.25) is 0 Å². The molecule has 0 bridgehead atoms. The molecule has 0 unspecified atom stereocenters. The molecule has 0 saturated carbocycles. The SMILES string of the molecule is CC(C)CCN(CCC(=O)O)c1ccc(C(C)(C)C)cc1. The first-order valence-corrected chi connectivity index (χ1v) is 7.77. The van der Waals surface area contributed by atoms with Crippen LogP contribution in [0.2, 0.25) is 0 Å². The molecule has 0 amide bonds. The van der Waals surface area contributed by atoms with Crippen LogP contribution < -0.4 is 4.90 Å². The van der Waals surface area contributed by atoms with Gasteiger partial charge >= 0.3 is 5.97 Å². The molecule has 0 saturated heterocycles. The van der Waals surface area contributed by atoms with Crippen molar-refractivity contribution in [3.8, 4) is 0 Å². The lowest BCUT2D eigenvalue weighted by molar-refractivity contribution is -0.136. The van der Waals surface area contributed by atoms with Crippen molar-refractivity contribution >= 4 is 11.7 Å². The summed E-state index contributed by atoms with van der Waals surface area (Å²) >= 11 is 0. The number of carbonyl (C=O) groups is 1. The molecule has 0 radical (unpaired) electrons. The minimum atomic E-state index is -0.740. The highest BCUT2D eigenvalue weighted by Gasteiger charge is 2.15. The fourth-order valence-corrected chi connectivity index (χ4v) is 2.19. The van der Waals surface area contributed by atoms with Crippen molar-refractivity contribution in [2.24, 2.45) is 5.92 Å². The Labute approximate surface area is 129 Å². The molecular formula is C18H29NO2. The molecule has 0 spiro atoms. The number of carboxylic acid groups (broad SMARTS) is 1. The first-order chi connectivity index (χ1) is 9.70. The van der Waals surface area contributed by atoms with Crippen LogP contribution >= 0.6 is 0 Å². The van der Waals surface area contributed by atoms with Crippen LogP contribution in [0.5, 0.6) is 0 Å². The summed E-state index contributed by atoms with van der Waals surface area (Å²) in [5.41, 5.74) is 2.56. The Bertz CT molecular complexity index is 443. The van der Waals surface area contributed by atoms with E-state index in [4.69, 9.17) is 5.11 Å². The van der Waals surface area contributed by atoms with E-state index in [2.05, 4.69) is 63.8 Å². The minimum absolute atomic E-state index is 0.141. The standard InChI is InChI=1S/C18H29NO2/c1-14(2)10-12-19(13-11-17(20)21)16-8-6-15(7-9-16)18(3,4)5/h6-9,14H,10-13H2,1-5H3,(H,20,21). The van der Waals surface area contributed by atoms with Crippen LogP contribution in [0.3, 0.4) is 0 Å². The zero-order chi connectivity index (χ0) is 16.0. The Hall–Kier alpha value is -1.51. The molecule has 0 fully saturated rings. The summed E-state index contributed by atoms with van der Waals surface area (Å²) in [5.74, 6) is -0.123. The van der Waals surface area contributed by atoms with Crippen molar-refractivity contribution < 1.29 is 9.90 Å². The molecule has 0 aromatic heterocycles. The summed E-state index contributed by atoms with van der Waals surface area (Å²) in [4.78, 5) is 13.0. The summed E-state index contributed by atoms with van der Waals surface area (Å²) in [6, 6.07) is 8.53. The van der Waals surface area contributed by atoms with Crippen molar-refractivity contribution in [3.05, 3.63) is 29.8 Å². The number of anilines is 1. The largest absolute Gasteiger partial charge is 0.481 e. The summed E-state index contributed by atoms with van der Waals surface area (Å²) in [6.45, 7) is 12.4. The second kappa shape index (κ2) is 7.48. The van der Waals surface area contributed by atoms with E-state index in [0.29, 0.717) is 12.5 Å². The van der Waals surface area contributed by atoms with Crippen molar-refractivity contribution in [2.75, 3.05) is 18.0 Å². The van der Waals surface area contributed by atoms with Crippen LogP contribution in [-0.4, -0.2) is 24.2 Å². The van der Waals surface area contributed by atoms with E-state index in [-0.39, 0.29) is 11.8 Å². The molecule has 118 valence electrons. The van der Waals surface area contributed by atoms with E-state index in [9.17, 15) is 4.79 Å². The molecule has 3 nitrogen and oxygen atoms in total. The van der Waals surface area contributed by atoms with Gasteiger partial charge in [-0.1, -0.05) is 46.8 Å². The summed E-state index contributed by atoms with van der Waals surface area (Å²) in [7, 11) is 0. The molecule has 0 atom stereocenters. The average molecular weight is 291 g/mol. The van der Waals surface area contributed by atoms with Crippen molar-refractivity contribution in [1.29, 1.82) is 0 Å². The third-order valence-electron chi connectivity index (χ3n) is 3.67. The Morgan fingerprint density at radius 3 is 2.14 bits per heavy atom. The zero-order valence-electron chi connectivity index (χ0n) is 14.0. The van der Waals surface area contributed by atoms with Crippen LogP contribution in [0.25, 0.3) is 0 Å². The lowest BCUT2D eigenvalue weighted by Crippen LogP contribution is -2.28. The molecule has 0 heterocycles. The second-order valence-electron chi connectivity index (χ2n) is 7.11. The molecule has 1 aromatic carbocycles. The fourth-order valence-electron chi connectivity index (χ4n) is 2.19. The smallest absolute Gasteiger partial charge is 0.305 e. The lowest BCUT2D eigenvalue weighted by atomic mass is 9.87. The number of rotatable bonds is 7. The van der Waals surface area contributed by atoms with Gasteiger partial charge in [-0.05, 0) is 35.4 Å². The first-order valence-electron chi connectivity index (χ1n) is 7.77. The van der Waals surface area contributed by atoms with Gasteiger partial charge < -0.3 is 10.0 Å². The van der Waals surface area contributed by atoms with E-state index >= 15 is 0 Å². The number of benzene rings is 1. The molecule has 1 aromatic rings. The molecular weight excluding hydrogens is 262 g/mol. The van der Waals surface area contributed by atoms with Gasteiger partial charge in [0, 0.05) is 18.8 Å². The number of carboxylic acids is 1. The Morgan fingerprint density at radius 1 is 1.14 bits per heavy atom. The highest BCUT2D eigenvalue weighted by atomic mass is 16.4. The van der Waals surface area contributed by atoms with Gasteiger partial charge in [0.25, 0.3) is 0 Å². The molecule has 1 N–H and O–H groups in total. The Morgan fingerprint density at radius 2 is 1.71 bits per heavy atom. The van der Waals surface area contributed by atoms with Gasteiger partial charge in [-0.25, -0.2) is 0 Å². The van der Waals surface area contributed by atoms with E-state index in [1.165, 1.54) is 5.56 Å². The quantitative estimate of drug-likeness (QED) is 0.813. The van der Waals surface area contributed by atoms with Gasteiger partial charge in [-0.2, -0.15) is 0 Å². The number of aliphatic carboxylic acids is 1. The average Bonchev–Trinajstić information content (AvgIpc) is 2.37. The number of hydrogen-bond donors (Lipinski definition) is 1. The molecule has 0 aliphatic heterocycles. The zero-order valence-corrected chi connectivity index (χ0v) is 14.0. The van der Waals surface area contributed by atoms with E-state index < -0.39 is 5.97 Å². The Kier molecular flexibility index (Phi) is 6.25. The predicted molar refractivity (Wildman–Crippen MR) is 89.1 cm³/mol. The summed E-state index contributed by atoms with van der Waals surface area (Å²) < 4.78 is 0. The second-order valence-corrected chi connectivity index (χ2v) is 7.11. The van der Waals surface area contributed by atoms with Crippen LogP contribution in [-0.2, 0) is 10.2 Å². The van der Waals surface area contributed by atoms with E-state index in [0.717, 1.165) is 18.7 Å². The normalized spacial score (nSPS) is 11.7. The maximum Gasteiger partial charge on any atom is 0.305 e. The fraction of sp³-hybridized carbons (Fsp3) is 0.611. The maximum atomic E-state index is 10.8. The lowest BCUT2D eigenvalue weighted by Gasteiger charge is -2.26. The third-order valence-corrected chi connectivity index (χ3v) is 3.67.